The molecule has 1 amide bonds. The molecule has 1 fully saturated rings. The highest BCUT2D eigenvalue weighted by Crippen LogP contribution is 2.41. The standard InChI is InChI=1S/C22H26N2O2/c1-15(2)26-21-13-10-17(14-23-21)22(25)24(18-11-12-18)20-9-5-7-16-6-3-4-8-19(16)20/h3-4,6,8,10,13-15,18,20H,5,7,9,11-12H2,1-2H3. The molecule has 136 valence electrons. The Labute approximate surface area is 155 Å². The molecule has 2 aliphatic carbocycles. The Morgan fingerprint density at radius 3 is 2.65 bits per heavy atom. The van der Waals surface area contributed by atoms with Gasteiger partial charge >= 0.3 is 0 Å². The fourth-order valence-corrected chi connectivity index (χ4v) is 3.90. The highest BCUT2D eigenvalue weighted by Gasteiger charge is 2.39. The second-order valence-electron chi connectivity index (χ2n) is 7.60. The van der Waals surface area contributed by atoms with E-state index in [1.807, 2.05) is 19.9 Å². The van der Waals surface area contributed by atoms with Gasteiger partial charge in [0.15, 0.2) is 0 Å². The van der Waals surface area contributed by atoms with Crippen molar-refractivity contribution in [1.82, 2.24) is 9.88 Å². The Hall–Kier alpha value is -2.36. The average Bonchev–Trinajstić information content (AvgIpc) is 3.47. The van der Waals surface area contributed by atoms with Gasteiger partial charge in [0.1, 0.15) is 0 Å². The van der Waals surface area contributed by atoms with E-state index in [0.717, 1.165) is 32.1 Å². The topological polar surface area (TPSA) is 42.4 Å². The molecular weight excluding hydrogens is 324 g/mol. The maximum Gasteiger partial charge on any atom is 0.256 e. The van der Waals surface area contributed by atoms with Crippen molar-refractivity contribution in [3.63, 3.8) is 0 Å². The SMILES string of the molecule is CC(C)Oc1ccc(C(=O)N(C2CC2)C2CCCc3ccccc32)cn1. The van der Waals surface area contributed by atoms with Gasteiger partial charge in [0.2, 0.25) is 5.88 Å². The lowest BCUT2D eigenvalue weighted by molar-refractivity contribution is 0.0637. The smallest absolute Gasteiger partial charge is 0.256 e. The van der Waals surface area contributed by atoms with Crippen LogP contribution in [0.4, 0.5) is 0 Å². The summed E-state index contributed by atoms with van der Waals surface area (Å²) in [5.74, 6) is 0.662. The number of pyridine rings is 1. The first-order valence-electron chi connectivity index (χ1n) is 9.66. The second-order valence-corrected chi connectivity index (χ2v) is 7.60. The Morgan fingerprint density at radius 2 is 1.96 bits per heavy atom. The molecule has 2 aliphatic rings. The number of carbonyl (C=O) groups excluding carboxylic acids is 1. The van der Waals surface area contributed by atoms with Gasteiger partial charge in [-0.2, -0.15) is 0 Å². The van der Waals surface area contributed by atoms with Gasteiger partial charge in [-0.25, -0.2) is 4.98 Å². The van der Waals surface area contributed by atoms with Crippen molar-refractivity contribution in [3.05, 3.63) is 59.3 Å². The molecule has 0 N–H and O–H groups in total. The normalized spacial score (nSPS) is 19.1. The zero-order valence-corrected chi connectivity index (χ0v) is 15.5. The van der Waals surface area contributed by atoms with Gasteiger partial charge < -0.3 is 9.64 Å². The summed E-state index contributed by atoms with van der Waals surface area (Å²) in [6, 6.07) is 12.8. The van der Waals surface area contributed by atoms with Crippen LogP contribution in [-0.2, 0) is 6.42 Å². The van der Waals surface area contributed by atoms with Crippen LogP contribution in [0, 0.1) is 0 Å². The Bertz CT molecular complexity index is 781. The number of aromatic nitrogens is 1. The van der Waals surface area contributed by atoms with Crippen molar-refractivity contribution >= 4 is 5.91 Å². The van der Waals surface area contributed by atoms with E-state index in [0.29, 0.717) is 17.5 Å². The van der Waals surface area contributed by atoms with E-state index in [1.165, 1.54) is 11.1 Å². The lowest BCUT2D eigenvalue weighted by Crippen LogP contribution is -2.38. The number of rotatable bonds is 5. The van der Waals surface area contributed by atoms with Gasteiger partial charge in [-0.1, -0.05) is 24.3 Å². The fourth-order valence-electron chi connectivity index (χ4n) is 3.90. The fraction of sp³-hybridized carbons (Fsp3) is 0.455. The van der Waals surface area contributed by atoms with E-state index in [-0.39, 0.29) is 18.1 Å². The quantitative estimate of drug-likeness (QED) is 0.794. The molecule has 0 aliphatic heterocycles. The van der Waals surface area contributed by atoms with Gasteiger partial charge in [-0.3, -0.25) is 4.79 Å². The predicted octanol–water partition coefficient (Wildman–Crippen LogP) is 4.55. The Morgan fingerprint density at radius 1 is 1.15 bits per heavy atom. The van der Waals surface area contributed by atoms with Crippen LogP contribution in [0.5, 0.6) is 5.88 Å². The number of ether oxygens (including phenoxy) is 1. The molecular formula is C22H26N2O2. The minimum absolute atomic E-state index is 0.0748. The highest BCUT2D eigenvalue weighted by molar-refractivity contribution is 5.94. The van der Waals surface area contributed by atoms with E-state index >= 15 is 0 Å². The van der Waals surface area contributed by atoms with Crippen molar-refractivity contribution in [1.29, 1.82) is 0 Å². The molecule has 1 heterocycles. The number of hydrogen-bond acceptors (Lipinski definition) is 3. The summed E-state index contributed by atoms with van der Waals surface area (Å²) in [4.78, 5) is 19.8. The van der Waals surface area contributed by atoms with Crippen molar-refractivity contribution in [2.45, 2.75) is 64.1 Å². The number of aryl methyl sites for hydroxylation is 1. The molecule has 4 heteroatoms. The van der Waals surface area contributed by atoms with Crippen molar-refractivity contribution < 1.29 is 9.53 Å². The van der Waals surface area contributed by atoms with E-state index in [9.17, 15) is 4.79 Å². The lowest BCUT2D eigenvalue weighted by Gasteiger charge is -2.36. The zero-order chi connectivity index (χ0) is 18.1. The summed E-state index contributed by atoms with van der Waals surface area (Å²) in [6.07, 6.45) is 7.23. The molecule has 2 aromatic rings. The number of fused-ring (bicyclic) bond motifs is 1. The molecule has 26 heavy (non-hydrogen) atoms. The van der Waals surface area contributed by atoms with Crippen LogP contribution in [-0.4, -0.2) is 27.9 Å². The summed E-state index contributed by atoms with van der Waals surface area (Å²) < 4.78 is 5.60. The van der Waals surface area contributed by atoms with E-state index < -0.39 is 0 Å². The average molecular weight is 350 g/mol. The first-order valence-corrected chi connectivity index (χ1v) is 9.66. The first kappa shape index (κ1) is 17.1. The lowest BCUT2D eigenvalue weighted by atomic mass is 9.86. The molecule has 1 atom stereocenters. The van der Waals surface area contributed by atoms with Gasteiger partial charge in [0.25, 0.3) is 5.91 Å². The monoisotopic (exact) mass is 350 g/mol. The van der Waals surface area contributed by atoms with E-state index in [4.69, 9.17) is 4.74 Å². The van der Waals surface area contributed by atoms with Crippen LogP contribution >= 0.6 is 0 Å². The molecule has 4 nitrogen and oxygen atoms in total. The second kappa shape index (κ2) is 7.10. The third-order valence-corrected chi connectivity index (χ3v) is 5.19. The van der Waals surface area contributed by atoms with Crippen LogP contribution in [0.15, 0.2) is 42.6 Å². The molecule has 0 saturated heterocycles. The molecule has 1 unspecified atom stereocenters. The third-order valence-electron chi connectivity index (χ3n) is 5.19. The highest BCUT2D eigenvalue weighted by atomic mass is 16.5. The summed E-state index contributed by atoms with van der Waals surface area (Å²) >= 11 is 0. The van der Waals surface area contributed by atoms with Gasteiger partial charge in [-0.05, 0) is 63.1 Å². The van der Waals surface area contributed by atoms with E-state index in [2.05, 4.69) is 34.1 Å². The molecule has 0 spiro atoms. The minimum Gasteiger partial charge on any atom is -0.475 e. The number of amides is 1. The maximum atomic E-state index is 13.3. The van der Waals surface area contributed by atoms with Crippen LogP contribution in [0.2, 0.25) is 0 Å². The van der Waals surface area contributed by atoms with Gasteiger partial charge in [0, 0.05) is 18.3 Å². The number of benzene rings is 1. The third kappa shape index (κ3) is 3.46. The minimum atomic E-state index is 0.0748. The largest absolute Gasteiger partial charge is 0.475 e. The first-order chi connectivity index (χ1) is 12.6. The number of hydrogen-bond donors (Lipinski definition) is 0. The van der Waals surface area contributed by atoms with Crippen LogP contribution < -0.4 is 4.74 Å². The molecule has 1 saturated carbocycles. The summed E-state index contributed by atoms with van der Waals surface area (Å²) in [5.41, 5.74) is 3.36. The van der Waals surface area contributed by atoms with Crippen LogP contribution in [0.1, 0.15) is 67.1 Å². The molecule has 4 rings (SSSR count). The van der Waals surface area contributed by atoms with Crippen molar-refractivity contribution in [3.8, 4) is 5.88 Å². The molecule has 1 aromatic carbocycles. The number of carbonyl (C=O) groups is 1. The summed E-state index contributed by atoms with van der Waals surface area (Å²) in [6.45, 7) is 3.94. The molecule has 0 radical (unpaired) electrons. The van der Waals surface area contributed by atoms with Crippen LogP contribution in [0.3, 0.4) is 0 Å². The zero-order valence-electron chi connectivity index (χ0n) is 15.5. The van der Waals surface area contributed by atoms with Gasteiger partial charge in [0.05, 0.1) is 17.7 Å². The van der Waals surface area contributed by atoms with Crippen molar-refractivity contribution in [2.24, 2.45) is 0 Å². The Kier molecular flexibility index (Phi) is 4.66. The van der Waals surface area contributed by atoms with E-state index in [1.54, 1.807) is 12.3 Å². The number of nitrogens with zero attached hydrogens (tertiary/aromatic N) is 2. The van der Waals surface area contributed by atoms with Gasteiger partial charge in [-0.15, -0.1) is 0 Å². The molecule has 1 aromatic heterocycles. The summed E-state index contributed by atoms with van der Waals surface area (Å²) in [5, 5.41) is 0. The summed E-state index contributed by atoms with van der Waals surface area (Å²) in [7, 11) is 0. The van der Waals surface area contributed by atoms with Crippen LogP contribution in [0.25, 0.3) is 0 Å². The Balaban J connectivity index is 1.60. The van der Waals surface area contributed by atoms with Crippen molar-refractivity contribution in [2.75, 3.05) is 0 Å². The maximum absolute atomic E-state index is 13.3. The predicted molar refractivity (Wildman–Crippen MR) is 101 cm³/mol. The molecule has 0 bridgehead atoms.